The molecule has 7 heteroatoms. The number of rotatable bonds is 6. The molecule has 21 heavy (non-hydrogen) atoms. The van der Waals surface area contributed by atoms with Gasteiger partial charge in [-0.25, -0.2) is 4.79 Å². The average Bonchev–Trinajstić information content (AvgIpc) is 2.86. The first-order chi connectivity index (χ1) is 10.1. The third-order valence-corrected chi connectivity index (χ3v) is 3.03. The van der Waals surface area contributed by atoms with Crippen LogP contribution in [0.25, 0.3) is 0 Å². The van der Waals surface area contributed by atoms with Crippen molar-refractivity contribution in [2.24, 2.45) is 7.05 Å². The molecule has 112 valence electrons. The van der Waals surface area contributed by atoms with Gasteiger partial charge in [0.2, 0.25) is 0 Å². The van der Waals surface area contributed by atoms with Gasteiger partial charge in [-0.1, -0.05) is 0 Å². The zero-order valence-corrected chi connectivity index (χ0v) is 12.2. The highest BCUT2D eigenvalue weighted by atomic mass is 16.5. The number of hydrogen-bond donors (Lipinski definition) is 2. The topological polar surface area (TPSA) is 95.1 Å². The molecule has 1 aromatic carbocycles. The average molecular weight is 289 g/mol. The number of nitrogen functional groups attached to an aromatic ring is 1. The van der Waals surface area contributed by atoms with Gasteiger partial charge in [0.1, 0.15) is 12.2 Å². The molecule has 0 atom stereocenters. The normalized spacial score (nSPS) is 10.4. The number of esters is 1. The van der Waals surface area contributed by atoms with Gasteiger partial charge in [-0.3, -0.25) is 0 Å². The Balaban J connectivity index is 1.99. The van der Waals surface area contributed by atoms with Crippen molar-refractivity contribution in [3.63, 3.8) is 0 Å². The smallest absolute Gasteiger partial charge is 0.340 e. The lowest BCUT2D eigenvalue weighted by molar-refractivity contribution is 0.0527. The number of nitrogens with one attached hydrogen (secondary N) is 1. The van der Waals surface area contributed by atoms with E-state index in [9.17, 15) is 4.79 Å². The molecule has 0 amide bonds. The Hall–Kier alpha value is -2.57. The van der Waals surface area contributed by atoms with E-state index in [-0.39, 0.29) is 0 Å². The monoisotopic (exact) mass is 289 g/mol. The summed E-state index contributed by atoms with van der Waals surface area (Å²) < 4.78 is 6.84. The number of aromatic nitrogens is 3. The quantitative estimate of drug-likeness (QED) is 0.613. The Morgan fingerprint density at radius 1 is 1.48 bits per heavy atom. The first-order valence-corrected chi connectivity index (χ1v) is 6.75. The standard InChI is InChI=1S/C14H19N5O2/c1-3-21-14(20)11-8-10(4-5-12(11)15)16-7-6-13-18-17-9-19(13)2/h4-5,8-9,16H,3,6-7,15H2,1-2H3. The molecule has 0 saturated carbocycles. The fourth-order valence-corrected chi connectivity index (χ4v) is 1.90. The third-order valence-electron chi connectivity index (χ3n) is 3.03. The fourth-order valence-electron chi connectivity index (χ4n) is 1.90. The van der Waals surface area contributed by atoms with Crippen molar-refractivity contribution in [2.45, 2.75) is 13.3 Å². The minimum Gasteiger partial charge on any atom is -0.462 e. The molecule has 0 aliphatic heterocycles. The summed E-state index contributed by atoms with van der Waals surface area (Å²) >= 11 is 0. The first kappa shape index (κ1) is 14.8. The number of nitrogens with zero attached hydrogens (tertiary/aromatic N) is 3. The Kier molecular flexibility index (Phi) is 4.76. The molecular weight excluding hydrogens is 270 g/mol. The van der Waals surface area contributed by atoms with Gasteiger partial charge in [0, 0.05) is 31.4 Å². The highest BCUT2D eigenvalue weighted by Gasteiger charge is 2.11. The number of anilines is 2. The maximum atomic E-state index is 11.8. The molecule has 0 aliphatic rings. The number of nitrogens with two attached hydrogens (primary N) is 1. The fraction of sp³-hybridized carbons (Fsp3) is 0.357. The summed E-state index contributed by atoms with van der Waals surface area (Å²) in [6.45, 7) is 2.76. The third kappa shape index (κ3) is 3.71. The summed E-state index contributed by atoms with van der Waals surface area (Å²) in [6.07, 6.45) is 2.40. The van der Waals surface area contributed by atoms with Crippen LogP contribution in [0.3, 0.4) is 0 Å². The van der Waals surface area contributed by atoms with E-state index in [0.29, 0.717) is 24.4 Å². The number of hydrogen-bond acceptors (Lipinski definition) is 6. The highest BCUT2D eigenvalue weighted by molar-refractivity contribution is 5.96. The SMILES string of the molecule is CCOC(=O)c1cc(NCCc2nncn2C)ccc1N. The van der Waals surface area contributed by atoms with Crippen LogP contribution in [0.15, 0.2) is 24.5 Å². The van der Waals surface area contributed by atoms with Crippen molar-refractivity contribution in [3.8, 4) is 0 Å². The predicted molar refractivity (Wildman–Crippen MR) is 80.0 cm³/mol. The van der Waals surface area contributed by atoms with Crippen LogP contribution in [0, 0.1) is 0 Å². The number of ether oxygens (including phenoxy) is 1. The van der Waals surface area contributed by atoms with Crippen molar-refractivity contribution < 1.29 is 9.53 Å². The van der Waals surface area contributed by atoms with Gasteiger partial charge in [-0.05, 0) is 25.1 Å². The highest BCUT2D eigenvalue weighted by Crippen LogP contribution is 2.19. The molecular formula is C14H19N5O2. The second-order valence-corrected chi connectivity index (χ2v) is 4.56. The molecule has 2 rings (SSSR count). The van der Waals surface area contributed by atoms with E-state index in [1.807, 2.05) is 17.7 Å². The molecule has 0 unspecified atom stereocenters. The molecule has 1 heterocycles. The van der Waals surface area contributed by atoms with Crippen LogP contribution < -0.4 is 11.1 Å². The predicted octanol–water partition coefficient (Wildman–Crippen LogP) is 1.23. The number of carbonyl (C=O) groups excluding carboxylic acids is 1. The van der Waals surface area contributed by atoms with Crippen molar-refractivity contribution in [2.75, 3.05) is 24.2 Å². The van der Waals surface area contributed by atoms with Crippen molar-refractivity contribution >= 4 is 17.3 Å². The van der Waals surface area contributed by atoms with Crippen molar-refractivity contribution in [1.82, 2.24) is 14.8 Å². The van der Waals surface area contributed by atoms with Crippen LogP contribution in [0.2, 0.25) is 0 Å². The van der Waals surface area contributed by atoms with Crippen LogP contribution in [0.4, 0.5) is 11.4 Å². The minimum atomic E-state index is -0.410. The summed E-state index contributed by atoms with van der Waals surface area (Å²) in [4.78, 5) is 11.8. The van der Waals surface area contributed by atoms with E-state index in [0.717, 1.165) is 17.9 Å². The summed E-state index contributed by atoms with van der Waals surface area (Å²) in [5.41, 5.74) is 7.40. The number of benzene rings is 1. The molecule has 2 aromatic rings. The minimum absolute atomic E-state index is 0.322. The van der Waals surface area contributed by atoms with Crippen molar-refractivity contribution in [1.29, 1.82) is 0 Å². The lowest BCUT2D eigenvalue weighted by Crippen LogP contribution is -2.11. The summed E-state index contributed by atoms with van der Waals surface area (Å²) in [7, 11) is 1.90. The van der Waals surface area contributed by atoms with E-state index >= 15 is 0 Å². The molecule has 0 fully saturated rings. The summed E-state index contributed by atoms with van der Waals surface area (Å²) in [5, 5.41) is 11.1. The molecule has 0 saturated heterocycles. The van der Waals surface area contributed by atoms with E-state index in [4.69, 9.17) is 10.5 Å². The van der Waals surface area contributed by atoms with Gasteiger partial charge >= 0.3 is 5.97 Å². The summed E-state index contributed by atoms with van der Waals surface area (Å²) in [6, 6.07) is 5.22. The lowest BCUT2D eigenvalue weighted by atomic mass is 10.1. The van der Waals surface area contributed by atoms with Gasteiger partial charge in [-0.2, -0.15) is 0 Å². The Bertz CT molecular complexity index is 624. The van der Waals surface area contributed by atoms with Gasteiger partial charge in [0.05, 0.1) is 12.2 Å². The zero-order chi connectivity index (χ0) is 15.2. The Labute approximate surface area is 123 Å². The van der Waals surface area contributed by atoms with Crippen LogP contribution in [0.5, 0.6) is 0 Å². The van der Waals surface area contributed by atoms with Gasteiger partial charge in [0.25, 0.3) is 0 Å². The largest absolute Gasteiger partial charge is 0.462 e. The maximum absolute atomic E-state index is 11.8. The molecule has 0 aliphatic carbocycles. The molecule has 0 spiro atoms. The summed E-state index contributed by atoms with van der Waals surface area (Å²) in [5.74, 6) is 0.482. The van der Waals surface area contributed by atoms with Gasteiger partial charge in [-0.15, -0.1) is 10.2 Å². The van der Waals surface area contributed by atoms with Crippen LogP contribution in [-0.2, 0) is 18.2 Å². The van der Waals surface area contributed by atoms with E-state index in [1.165, 1.54) is 0 Å². The Morgan fingerprint density at radius 2 is 2.29 bits per heavy atom. The van der Waals surface area contributed by atoms with Gasteiger partial charge in [0.15, 0.2) is 0 Å². The molecule has 7 nitrogen and oxygen atoms in total. The van der Waals surface area contributed by atoms with E-state index in [1.54, 1.807) is 25.4 Å². The molecule has 1 aromatic heterocycles. The van der Waals surface area contributed by atoms with E-state index in [2.05, 4.69) is 15.5 Å². The first-order valence-electron chi connectivity index (χ1n) is 6.75. The van der Waals surface area contributed by atoms with Crippen molar-refractivity contribution in [3.05, 3.63) is 35.9 Å². The van der Waals surface area contributed by atoms with Crippen LogP contribution in [-0.4, -0.2) is 33.9 Å². The van der Waals surface area contributed by atoms with E-state index < -0.39 is 5.97 Å². The van der Waals surface area contributed by atoms with Crippen LogP contribution >= 0.6 is 0 Å². The van der Waals surface area contributed by atoms with Crippen LogP contribution in [0.1, 0.15) is 23.1 Å². The number of carbonyl (C=O) groups is 1. The molecule has 0 radical (unpaired) electrons. The zero-order valence-electron chi connectivity index (χ0n) is 12.2. The molecule has 0 bridgehead atoms. The number of aryl methyl sites for hydroxylation is 1. The van der Waals surface area contributed by atoms with Gasteiger partial charge < -0.3 is 20.4 Å². The second kappa shape index (κ2) is 6.74. The second-order valence-electron chi connectivity index (χ2n) is 4.56. The molecule has 3 N–H and O–H groups in total. The maximum Gasteiger partial charge on any atom is 0.340 e. The lowest BCUT2D eigenvalue weighted by Gasteiger charge is -2.10. The Morgan fingerprint density at radius 3 is 2.95 bits per heavy atom.